The minimum absolute atomic E-state index is 0.00871. The monoisotopic (exact) mass is 450 g/mol. The van der Waals surface area contributed by atoms with Gasteiger partial charge in [0.05, 0.1) is 17.3 Å². The Morgan fingerprint density at radius 1 is 1.26 bits per heavy atom. The highest BCUT2D eigenvalue weighted by molar-refractivity contribution is 7.15. The van der Waals surface area contributed by atoms with Crippen LogP contribution in [0.5, 0.6) is 0 Å². The van der Waals surface area contributed by atoms with Crippen molar-refractivity contribution in [2.75, 3.05) is 18.0 Å². The smallest absolute Gasteiger partial charge is 0.416 e. The van der Waals surface area contributed by atoms with Gasteiger partial charge in [0.2, 0.25) is 0 Å². The molecule has 2 aliphatic rings. The van der Waals surface area contributed by atoms with Crippen LogP contribution in [0.4, 0.5) is 23.7 Å². The number of carbonyl (C=O) groups excluding carboxylic acids is 1. The summed E-state index contributed by atoms with van der Waals surface area (Å²) in [5.41, 5.74) is -0.518. The summed E-state index contributed by atoms with van der Waals surface area (Å²) in [4.78, 5) is 28.1. The quantitative estimate of drug-likeness (QED) is 0.649. The predicted octanol–water partition coefficient (Wildman–Crippen LogP) is 4.20. The van der Waals surface area contributed by atoms with Gasteiger partial charge in [-0.1, -0.05) is 6.07 Å². The zero-order valence-electron chi connectivity index (χ0n) is 16.0. The number of carbonyl (C=O) groups is 2. The number of fused-ring (bicyclic) bond motifs is 1. The van der Waals surface area contributed by atoms with E-state index in [4.69, 9.17) is 0 Å². The van der Waals surface area contributed by atoms with E-state index in [1.54, 1.807) is 21.8 Å². The third-order valence-electron chi connectivity index (χ3n) is 6.06. The number of nitrogens with zero attached hydrogens (tertiary/aromatic N) is 4. The Balaban J connectivity index is 1.26. The number of benzene rings is 1. The van der Waals surface area contributed by atoms with Crippen molar-refractivity contribution in [2.24, 2.45) is 5.41 Å². The molecule has 11 heteroatoms. The van der Waals surface area contributed by atoms with Crippen LogP contribution in [0.15, 0.2) is 42.0 Å². The lowest BCUT2D eigenvalue weighted by molar-refractivity contribution is -0.137. The molecule has 0 bridgehead atoms. The molecule has 7 nitrogen and oxygen atoms in total. The Kier molecular flexibility index (Phi) is 4.30. The minimum Gasteiger partial charge on any atom is -0.465 e. The Hall–Kier alpha value is -3.08. The summed E-state index contributed by atoms with van der Waals surface area (Å²) < 4.78 is 40.7. The normalized spacial score (nSPS) is 18.1. The van der Waals surface area contributed by atoms with Crippen LogP contribution >= 0.6 is 11.3 Å². The highest BCUT2D eigenvalue weighted by atomic mass is 32.1. The molecule has 1 saturated heterocycles. The van der Waals surface area contributed by atoms with E-state index in [-0.39, 0.29) is 17.0 Å². The van der Waals surface area contributed by atoms with Crippen molar-refractivity contribution in [3.63, 3.8) is 0 Å². The number of rotatable bonds is 3. The third kappa shape index (κ3) is 3.23. The van der Waals surface area contributed by atoms with Crippen LogP contribution in [0.3, 0.4) is 0 Å². The van der Waals surface area contributed by atoms with Gasteiger partial charge in [0.15, 0.2) is 0 Å². The molecule has 1 aromatic carbocycles. The number of hydrogen-bond acceptors (Lipinski definition) is 4. The minimum atomic E-state index is -4.54. The number of thiazole rings is 1. The van der Waals surface area contributed by atoms with Gasteiger partial charge in [-0.25, -0.2) is 9.31 Å². The van der Waals surface area contributed by atoms with Gasteiger partial charge in [-0.2, -0.15) is 18.3 Å². The zero-order valence-corrected chi connectivity index (χ0v) is 16.9. The van der Waals surface area contributed by atoms with Crippen LogP contribution in [-0.2, 0) is 6.18 Å². The molecule has 162 valence electrons. The molecule has 1 N–H and O–H groups in total. The fourth-order valence-electron chi connectivity index (χ4n) is 4.64. The molecular weight excluding hydrogens is 433 g/mol. The summed E-state index contributed by atoms with van der Waals surface area (Å²) in [5.74, 6) is -0.112. The first kappa shape index (κ1) is 19.9. The van der Waals surface area contributed by atoms with Gasteiger partial charge in [0.25, 0.3) is 5.91 Å². The largest absolute Gasteiger partial charge is 0.465 e. The number of carboxylic acid groups (broad SMARTS) is 1. The van der Waals surface area contributed by atoms with E-state index < -0.39 is 23.9 Å². The summed E-state index contributed by atoms with van der Waals surface area (Å²) in [5, 5.41) is 15.6. The van der Waals surface area contributed by atoms with Crippen LogP contribution in [0.1, 0.15) is 28.8 Å². The van der Waals surface area contributed by atoms with Crippen molar-refractivity contribution < 1.29 is 27.9 Å². The fraction of sp³-hybridized carbons (Fsp3) is 0.350. The zero-order chi connectivity index (χ0) is 22.0. The summed E-state index contributed by atoms with van der Waals surface area (Å²) in [7, 11) is 0. The predicted molar refractivity (Wildman–Crippen MR) is 106 cm³/mol. The second-order valence-corrected chi connectivity index (χ2v) is 9.03. The topological polar surface area (TPSA) is 78.2 Å². The molecule has 2 aromatic heterocycles. The van der Waals surface area contributed by atoms with Gasteiger partial charge in [0, 0.05) is 41.8 Å². The van der Waals surface area contributed by atoms with E-state index in [0.29, 0.717) is 31.5 Å². The van der Waals surface area contributed by atoms with E-state index in [1.807, 2.05) is 5.38 Å². The summed E-state index contributed by atoms with van der Waals surface area (Å²) in [6.07, 6.45) is -1.50. The van der Waals surface area contributed by atoms with Gasteiger partial charge >= 0.3 is 12.3 Å². The molecule has 5 rings (SSSR count). The van der Waals surface area contributed by atoms with Crippen LogP contribution in [0.2, 0.25) is 0 Å². The van der Waals surface area contributed by atoms with E-state index >= 15 is 0 Å². The van der Waals surface area contributed by atoms with Crippen molar-refractivity contribution in [1.29, 1.82) is 0 Å². The molecule has 1 aliphatic carbocycles. The number of hydrogen-bond donors (Lipinski definition) is 1. The van der Waals surface area contributed by atoms with Crippen molar-refractivity contribution in [3.8, 4) is 0 Å². The first-order chi connectivity index (χ1) is 14.7. The number of likely N-dealkylation sites (tertiary alicyclic amines) is 1. The molecule has 1 spiro atoms. The molecule has 2 amide bonds. The number of halogens is 3. The van der Waals surface area contributed by atoms with E-state index in [0.717, 1.165) is 21.9 Å². The lowest BCUT2D eigenvalue weighted by Crippen LogP contribution is -2.68. The number of amides is 2. The highest BCUT2D eigenvalue weighted by Crippen LogP contribution is 2.51. The van der Waals surface area contributed by atoms with Gasteiger partial charge < -0.3 is 10.0 Å². The maximum Gasteiger partial charge on any atom is 0.416 e. The maximum atomic E-state index is 13.0. The number of aromatic nitrogens is 2. The Morgan fingerprint density at radius 2 is 2.00 bits per heavy atom. The van der Waals surface area contributed by atoms with Gasteiger partial charge in [-0.05, 0) is 31.0 Å². The summed E-state index contributed by atoms with van der Waals surface area (Å²) in [6.45, 7) is 1.00. The molecule has 0 radical (unpaired) electrons. The number of anilines is 1. The maximum absolute atomic E-state index is 13.0. The molecule has 0 atom stereocenters. The van der Waals surface area contributed by atoms with Crippen LogP contribution in [0, 0.1) is 5.41 Å². The average molecular weight is 450 g/mol. The van der Waals surface area contributed by atoms with Crippen molar-refractivity contribution in [3.05, 3.63) is 53.2 Å². The molecule has 3 heterocycles. The number of alkyl halides is 3. The van der Waals surface area contributed by atoms with Crippen LogP contribution < -0.4 is 4.90 Å². The van der Waals surface area contributed by atoms with Crippen LogP contribution in [0.25, 0.3) is 4.83 Å². The molecule has 0 unspecified atom stereocenters. The van der Waals surface area contributed by atoms with E-state index in [2.05, 4.69) is 5.10 Å². The fourth-order valence-corrected chi connectivity index (χ4v) is 5.43. The van der Waals surface area contributed by atoms with Crippen molar-refractivity contribution >= 4 is 33.9 Å². The highest BCUT2D eigenvalue weighted by Gasteiger charge is 2.56. The SMILES string of the molecule is O=C(c1cnn2ccsc12)N1CC2(CC(N(C(=O)O)c3cccc(C(F)(F)F)c3)C2)C1. The summed E-state index contributed by atoms with van der Waals surface area (Å²) >= 11 is 1.43. The Labute approximate surface area is 178 Å². The average Bonchev–Trinajstić information content (AvgIpc) is 3.24. The molecule has 2 fully saturated rings. The lowest BCUT2D eigenvalue weighted by Gasteiger charge is -2.60. The third-order valence-corrected chi connectivity index (χ3v) is 6.95. The Bertz CT molecular complexity index is 1170. The molecule has 1 aliphatic heterocycles. The van der Waals surface area contributed by atoms with Gasteiger partial charge in [-0.3, -0.25) is 9.69 Å². The Morgan fingerprint density at radius 3 is 2.68 bits per heavy atom. The van der Waals surface area contributed by atoms with Crippen molar-refractivity contribution in [1.82, 2.24) is 14.5 Å². The second-order valence-electron chi connectivity index (χ2n) is 8.13. The first-order valence-corrected chi connectivity index (χ1v) is 10.4. The molecule has 3 aromatic rings. The molecule has 31 heavy (non-hydrogen) atoms. The first-order valence-electron chi connectivity index (χ1n) is 9.56. The summed E-state index contributed by atoms with van der Waals surface area (Å²) in [6, 6.07) is 3.95. The lowest BCUT2D eigenvalue weighted by atomic mass is 9.60. The van der Waals surface area contributed by atoms with Gasteiger partial charge in [-0.15, -0.1) is 11.3 Å². The standard InChI is InChI=1S/C20H17F3N4O3S/c21-20(22,23)12-2-1-3-13(6-12)27(18(29)30)14-7-19(8-14)10-25(11-19)16(28)15-9-24-26-4-5-31-17(15)26/h1-6,9,14H,7-8,10-11H2,(H,29,30). The van der Waals surface area contributed by atoms with Crippen molar-refractivity contribution in [2.45, 2.75) is 25.1 Å². The van der Waals surface area contributed by atoms with E-state index in [9.17, 15) is 27.9 Å². The van der Waals surface area contributed by atoms with Gasteiger partial charge in [0.1, 0.15) is 4.83 Å². The second kappa shape index (κ2) is 6.71. The van der Waals surface area contributed by atoms with Crippen LogP contribution in [-0.4, -0.2) is 50.8 Å². The van der Waals surface area contributed by atoms with E-state index in [1.165, 1.54) is 23.5 Å². The molecular formula is C20H17F3N4O3S. The molecule has 1 saturated carbocycles.